The zero-order valence-electron chi connectivity index (χ0n) is 85.7. The highest BCUT2D eigenvalue weighted by molar-refractivity contribution is 6.36. The fourth-order valence-corrected chi connectivity index (χ4v) is 17.7. The van der Waals surface area contributed by atoms with Crippen molar-refractivity contribution in [1.82, 2.24) is 30.4 Å². The van der Waals surface area contributed by atoms with Gasteiger partial charge in [-0.15, -0.1) is 0 Å². The lowest BCUT2D eigenvalue weighted by Gasteiger charge is -2.26. The number of likely N-dealkylation sites (N-methyl/N-ethyl adjacent to an activating group) is 2. The summed E-state index contributed by atoms with van der Waals surface area (Å²) in [7, 11) is 3.94. The largest absolute Gasteiger partial charge is 0.479 e. The number of aryl methyl sites for hydroxylation is 4. The Morgan fingerprint density at radius 1 is 0.466 bits per heavy atom. The molecule has 35 heteroatoms. The van der Waals surface area contributed by atoms with E-state index in [4.69, 9.17) is 33.5 Å². The standard InChI is InChI=1S/C55H72N4O13.C31H38N4O10.C24H36O4.CH4/c1-8-59(7)29-28-56-53(66)51-34(3)46(57-35(51)4)31-44-43-30-40(23-25-45(43)58-52(44)65)71-50(64)27-26-49(63)69-36(5)54(67)70-37(6)55(68)72-39(21-20-38-17-13-11-14-18-38)22-24-42-41(47(61)32-48(42)62)19-15-10-9-12-16-33(2)60;1-7-35(6)13-12-32-29(39)27-16(2)24(33-17(27)3)15-22-21-14-20(8-9-23(21)34-28(22)38)45-26(37)11-10-25(36)43-19(5)31(42)44-18(4)30(40)41;1-18(25)9-5-2-3-8-12-21-22(24(28)17-23(21)27)16-15-20(26)14-13-19-10-6-4-7-11-19;/h10-11,13-15,17-18,23,25,30-31,36-37,39,41-42,47-48,57,61-62H,8-9,12,16,19-22,24,26-29,32H2,1-7H3,(H,56,66)(H,58,65);8-9,14-15,18-19,33H,7,10-13H2,1-6H3,(H,32,39)(H,34,38)(H,40,41);3-4,6-8,10-11,20-24,26-28H,2,5,9,12-17H2,1H3;1H4/b15-10-,44-31-;22-15-;8-3-;/t36?,37?,39-,41+,42+,47-,48+;;20-,21+,22+,23-,24+;/m0.0./s1. The van der Waals surface area contributed by atoms with Crippen molar-refractivity contribution >= 4 is 118 Å². The number of Topliss-reactive ketones (excluding diaryl/α,β-unsaturated/α-hetero) is 2. The van der Waals surface area contributed by atoms with Crippen LogP contribution in [-0.4, -0.2) is 248 Å². The van der Waals surface area contributed by atoms with E-state index in [1.807, 2.05) is 88.6 Å². The number of ketones is 2. The minimum atomic E-state index is -1.43. The number of anilines is 2. The Balaban J connectivity index is 0.000000330. The van der Waals surface area contributed by atoms with Crippen LogP contribution in [0.4, 0.5) is 11.4 Å². The molecule has 0 spiro atoms. The zero-order chi connectivity index (χ0) is 106. The number of nitrogens with zero attached hydrogens (tertiary/aromatic N) is 2. The first-order valence-electron chi connectivity index (χ1n) is 50.1. The molecule has 4 aromatic carbocycles. The molecule has 12 N–H and O–H groups in total. The summed E-state index contributed by atoms with van der Waals surface area (Å²) >= 11 is 0. The van der Waals surface area contributed by atoms with Gasteiger partial charge in [-0.25, -0.2) is 19.2 Å². The zero-order valence-corrected chi connectivity index (χ0v) is 85.7. The second-order valence-corrected chi connectivity index (χ2v) is 37.7. The van der Waals surface area contributed by atoms with Crippen molar-refractivity contribution < 1.29 is 131 Å². The number of hydrogen-bond donors (Lipinski definition) is 12. The third-order valence-corrected chi connectivity index (χ3v) is 26.4. The Labute approximate surface area is 855 Å². The van der Waals surface area contributed by atoms with E-state index < -0.39 is 122 Å². The number of carboxylic acids is 1. The van der Waals surface area contributed by atoms with Gasteiger partial charge in [-0.1, -0.05) is 106 Å². The molecule has 4 amide bonds. The molecule has 4 unspecified atom stereocenters. The topological polar surface area (TPSA) is 511 Å². The van der Waals surface area contributed by atoms with Crippen LogP contribution < -0.4 is 30.7 Å². The second kappa shape index (κ2) is 60.3. The third kappa shape index (κ3) is 38.2. The average Bonchev–Trinajstić information content (AvgIpc) is 1.63. The molecule has 796 valence electrons. The van der Waals surface area contributed by atoms with Gasteiger partial charge in [-0.05, 0) is 294 Å². The minimum Gasteiger partial charge on any atom is -0.479 e. The molecule has 14 atom stereocenters. The van der Waals surface area contributed by atoms with Crippen LogP contribution >= 0.6 is 0 Å². The van der Waals surface area contributed by atoms with Crippen molar-refractivity contribution in [2.24, 2.45) is 23.7 Å². The summed E-state index contributed by atoms with van der Waals surface area (Å²) in [5, 5.41) is 73.0. The number of hydrogen-bond acceptors (Lipinski definition) is 28. The fraction of sp³-hybridized carbons (Fsp3) is 0.514. The number of aliphatic hydroxyl groups is 5. The number of H-pyrrole nitrogens is 2. The first-order valence-corrected chi connectivity index (χ1v) is 50.1. The number of rotatable bonds is 53. The van der Waals surface area contributed by atoms with Crippen LogP contribution in [0.1, 0.15) is 268 Å². The number of benzene rings is 4. The van der Waals surface area contributed by atoms with Gasteiger partial charge in [0, 0.05) is 84.3 Å². The van der Waals surface area contributed by atoms with Gasteiger partial charge in [-0.3, -0.25) is 38.4 Å². The minimum absolute atomic E-state index is 0. The van der Waals surface area contributed by atoms with Gasteiger partial charge in [0.2, 0.25) is 0 Å². The smallest absolute Gasteiger partial charge is 0.347 e. The molecule has 4 aliphatic rings. The van der Waals surface area contributed by atoms with E-state index in [2.05, 4.69) is 70.1 Å². The van der Waals surface area contributed by atoms with Crippen LogP contribution in [0, 0.1) is 51.4 Å². The maximum absolute atomic E-state index is 13.4. The average molecular weight is 2030 g/mol. The van der Waals surface area contributed by atoms with Crippen molar-refractivity contribution in [2.75, 3.05) is 64.0 Å². The summed E-state index contributed by atoms with van der Waals surface area (Å²) in [5.41, 5.74) is 9.58. The van der Waals surface area contributed by atoms with E-state index in [1.54, 1.807) is 65.8 Å². The van der Waals surface area contributed by atoms with Crippen LogP contribution in [0.3, 0.4) is 0 Å². The predicted molar refractivity (Wildman–Crippen MR) is 551 cm³/mol. The number of aromatic nitrogens is 2. The van der Waals surface area contributed by atoms with Crippen LogP contribution in [0.5, 0.6) is 11.5 Å². The summed E-state index contributed by atoms with van der Waals surface area (Å²) in [6.45, 7) is 23.5. The van der Waals surface area contributed by atoms with E-state index in [0.29, 0.717) is 157 Å². The number of aliphatic hydroxyl groups excluding tert-OH is 5. The van der Waals surface area contributed by atoms with E-state index in [0.717, 1.165) is 76.9 Å². The second-order valence-electron chi connectivity index (χ2n) is 37.7. The number of ether oxygens (including phenoxy) is 7. The van der Waals surface area contributed by atoms with E-state index in [-0.39, 0.29) is 102 Å². The SMILES string of the molecule is C.CC(=O)CCC/C=C\C[C@@H]1[C@@H](CC[C@@H](O)CCc2ccccc2)[C@H](O)C[C@@H]1O.CCN(C)CCNC(=O)c1c(C)[nH]c(/C=C2\C(=O)Nc3ccc(OC(=O)CCC(=O)OC(C)C(=O)OC(C)C(=O)O)cc32)c1C.CCN(C)CCNC(=O)c1c(C)[nH]c(/C=C2\C(=O)Nc3ccc(OC(=O)CCC(=O)OC(C)C(=O)OC(C)C(=O)O[C@@H](CCc4ccccc4)CC[C@@H]4[C@@H](C/C=C\CCCC(C)=O)[C@@H](O)C[C@H]4O)cc32)c1C. The van der Waals surface area contributed by atoms with Crippen molar-refractivity contribution in [2.45, 2.75) is 293 Å². The highest BCUT2D eigenvalue weighted by Crippen LogP contribution is 2.43. The first-order chi connectivity index (χ1) is 69.0. The van der Waals surface area contributed by atoms with Crippen LogP contribution in [-0.2, 0) is 94.1 Å². The summed E-state index contributed by atoms with van der Waals surface area (Å²) in [5.74, 6) is -8.45. The third-order valence-electron chi connectivity index (χ3n) is 26.4. The lowest BCUT2D eigenvalue weighted by molar-refractivity contribution is -0.179. The molecule has 0 bridgehead atoms. The number of carbonyl (C=O) groups is 14. The van der Waals surface area contributed by atoms with Gasteiger partial charge >= 0.3 is 47.8 Å². The number of unbranched alkanes of at least 4 members (excludes halogenated alkanes) is 2. The highest BCUT2D eigenvalue weighted by Gasteiger charge is 2.43. The molecule has 0 saturated heterocycles. The number of aliphatic carboxylic acids is 1. The molecular formula is C111H150N8O27. The number of carbonyl (C=O) groups excluding carboxylic acids is 13. The number of esters is 7. The molecule has 0 radical (unpaired) electrons. The molecule has 10 rings (SSSR count). The van der Waals surface area contributed by atoms with E-state index in [1.165, 1.54) is 50.6 Å². The lowest BCUT2D eigenvalue weighted by atomic mass is 9.85. The molecule has 2 aromatic heterocycles. The Bertz CT molecular complexity index is 5540. The van der Waals surface area contributed by atoms with Crippen LogP contribution in [0.15, 0.2) is 121 Å². The maximum Gasteiger partial charge on any atom is 0.347 e. The predicted octanol–water partition coefficient (Wildman–Crippen LogP) is 13.6. The van der Waals surface area contributed by atoms with Crippen LogP contribution in [0.25, 0.3) is 23.3 Å². The maximum atomic E-state index is 13.4. The van der Waals surface area contributed by atoms with Gasteiger partial charge in [0.1, 0.15) is 29.2 Å². The Kier molecular flexibility index (Phi) is 49.5. The normalized spacial score (nSPS) is 18.9. The molecule has 2 aliphatic heterocycles. The molecule has 4 heterocycles. The van der Waals surface area contributed by atoms with Crippen molar-refractivity contribution in [3.8, 4) is 11.5 Å². The molecule has 146 heavy (non-hydrogen) atoms. The lowest BCUT2D eigenvalue weighted by Crippen LogP contribution is -2.35. The van der Waals surface area contributed by atoms with Gasteiger partial charge in [-0.2, -0.15) is 0 Å². The van der Waals surface area contributed by atoms with Crippen molar-refractivity contribution in [1.29, 1.82) is 0 Å². The monoisotopic (exact) mass is 2030 g/mol. The molecule has 35 nitrogen and oxygen atoms in total. The number of allylic oxidation sites excluding steroid dienone is 4. The summed E-state index contributed by atoms with van der Waals surface area (Å²) < 4.78 is 36.9. The van der Waals surface area contributed by atoms with Crippen LogP contribution in [0.2, 0.25) is 0 Å². The number of fused-ring (bicyclic) bond motifs is 2. The molecule has 2 saturated carbocycles. The Morgan fingerprint density at radius 3 is 1.25 bits per heavy atom. The number of aromatic amines is 2. The molecular weight excluding hydrogens is 1880 g/mol. The summed E-state index contributed by atoms with van der Waals surface area (Å²) in [6.07, 6.45) is 12.0. The van der Waals surface area contributed by atoms with Gasteiger partial charge in [0.05, 0.1) is 78.5 Å². The highest BCUT2D eigenvalue weighted by atomic mass is 16.6. The number of amides is 4. The van der Waals surface area contributed by atoms with E-state index in [9.17, 15) is 92.7 Å². The van der Waals surface area contributed by atoms with Crippen molar-refractivity contribution in [3.63, 3.8) is 0 Å². The Morgan fingerprint density at radius 2 is 0.842 bits per heavy atom. The first kappa shape index (κ1) is 120. The summed E-state index contributed by atoms with van der Waals surface area (Å²) in [4.78, 5) is 184. The quantitative estimate of drug-likeness (QED) is 0.00421. The fourth-order valence-electron chi connectivity index (χ4n) is 17.7. The molecule has 2 fully saturated rings. The molecule has 2 aliphatic carbocycles. The number of nitrogens with one attached hydrogen (secondary N) is 6. The van der Waals surface area contributed by atoms with E-state index >= 15 is 0 Å². The summed E-state index contributed by atoms with van der Waals surface area (Å²) in [6, 6.07) is 29.0. The number of carboxylic acid groups (broad SMARTS) is 1. The van der Waals surface area contributed by atoms with Gasteiger partial charge in [0.25, 0.3) is 23.6 Å². The van der Waals surface area contributed by atoms with Gasteiger partial charge < -0.3 is 114 Å². The molecule has 6 aromatic rings. The Hall–Kier alpha value is -12.9. The van der Waals surface area contributed by atoms with Crippen molar-refractivity contribution in [3.05, 3.63) is 189 Å². The van der Waals surface area contributed by atoms with Gasteiger partial charge in [0.15, 0.2) is 24.4 Å².